The highest BCUT2D eigenvalue weighted by Crippen LogP contribution is 2.39. The van der Waals surface area contributed by atoms with E-state index in [1.54, 1.807) is 59.3 Å². The Kier molecular flexibility index (Phi) is 6.78. The number of carbonyl (C=O) groups is 1. The van der Waals surface area contributed by atoms with Crippen molar-refractivity contribution in [2.24, 2.45) is 0 Å². The van der Waals surface area contributed by atoms with Crippen LogP contribution in [0.25, 0.3) is 0 Å². The minimum Gasteiger partial charge on any atom is -0.493 e. The van der Waals surface area contributed by atoms with Crippen molar-refractivity contribution < 1.29 is 18.7 Å². The molecule has 0 radical (unpaired) electrons. The Morgan fingerprint density at radius 2 is 1.92 bits per heavy atom. The minimum atomic E-state index is -0.597. The van der Waals surface area contributed by atoms with E-state index in [1.807, 2.05) is 13.0 Å². The van der Waals surface area contributed by atoms with Crippen molar-refractivity contribution in [1.29, 1.82) is 0 Å². The second-order valence-corrected chi connectivity index (χ2v) is 8.78. The lowest BCUT2D eigenvalue weighted by molar-refractivity contribution is -0.113. The van der Waals surface area contributed by atoms with Crippen LogP contribution in [0, 0.1) is 5.82 Å². The van der Waals surface area contributed by atoms with E-state index in [9.17, 15) is 9.18 Å². The number of allylic oxidation sites excluding steroid dienone is 1. The zero-order chi connectivity index (χ0) is 25.9. The van der Waals surface area contributed by atoms with Crippen molar-refractivity contribution in [2.75, 3.05) is 17.7 Å². The van der Waals surface area contributed by atoms with Crippen molar-refractivity contribution in [1.82, 2.24) is 14.8 Å². The van der Waals surface area contributed by atoms with Crippen LogP contribution >= 0.6 is 11.6 Å². The largest absolute Gasteiger partial charge is 0.493 e. The van der Waals surface area contributed by atoms with Gasteiger partial charge in [0.15, 0.2) is 11.5 Å². The van der Waals surface area contributed by atoms with Gasteiger partial charge < -0.3 is 20.1 Å². The fourth-order valence-electron chi connectivity index (χ4n) is 4.17. The molecule has 8 nitrogen and oxygen atoms in total. The number of anilines is 2. The zero-order valence-corrected chi connectivity index (χ0v) is 20.8. The number of aromatic nitrogens is 3. The van der Waals surface area contributed by atoms with Crippen LogP contribution in [0.4, 0.5) is 16.0 Å². The first kappa shape index (κ1) is 24.3. The molecule has 0 saturated carbocycles. The highest BCUT2D eigenvalue weighted by Gasteiger charge is 2.34. The number of hydrogen-bond donors (Lipinski definition) is 2. The number of benzene rings is 3. The van der Waals surface area contributed by atoms with Crippen molar-refractivity contribution >= 4 is 29.1 Å². The molecule has 2 heterocycles. The van der Waals surface area contributed by atoms with E-state index in [0.717, 1.165) is 5.56 Å². The van der Waals surface area contributed by atoms with E-state index in [-0.39, 0.29) is 18.3 Å². The topological polar surface area (TPSA) is 90.3 Å². The number of methoxy groups -OCH3 is 1. The van der Waals surface area contributed by atoms with E-state index < -0.39 is 6.04 Å². The first-order valence-corrected chi connectivity index (χ1v) is 11.8. The Morgan fingerprint density at radius 1 is 1.14 bits per heavy atom. The Labute approximate surface area is 217 Å². The van der Waals surface area contributed by atoms with Gasteiger partial charge in [-0.2, -0.15) is 10.1 Å². The number of ether oxygens (including phenoxy) is 2. The summed E-state index contributed by atoms with van der Waals surface area (Å²) in [6, 6.07) is 18.0. The van der Waals surface area contributed by atoms with E-state index in [2.05, 4.69) is 20.7 Å². The van der Waals surface area contributed by atoms with Gasteiger partial charge in [0.1, 0.15) is 24.8 Å². The second-order valence-electron chi connectivity index (χ2n) is 8.35. The van der Waals surface area contributed by atoms with Crippen molar-refractivity contribution in [3.8, 4) is 11.5 Å². The lowest BCUT2D eigenvalue weighted by Crippen LogP contribution is -2.31. The molecule has 37 heavy (non-hydrogen) atoms. The molecule has 0 spiro atoms. The number of rotatable bonds is 7. The Morgan fingerprint density at radius 3 is 2.68 bits per heavy atom. The normalized spacial score (nSPS) is 14.5. The first-order chi connectivity index (χ1) is 17.9. The van der Waals surface area contributed by atoms with Crippen LogP contribution in [-0.2, 0) is 11.4 Å². The molecule has 10 heteroatoms. The van der Waals surface area contributed by atoms with E-state index >= 15 is 0 Å². The zero-order valence-electron chi connectivity index (χ0n) is 20.0. The number of nitrogens with one attached hydrogen (secondary N) is 2. The number of carbonyl (C=O) groups excluding carboxylic acids is 1. The fourth-order valence-corrected chi connectivity index (χ4v) is 4.30. The van der Waals surface area contributed by atoms with E-state index in [1.165, 1.54) is 19.5 Å². The van der Waals surface area contributed by atoms with Gasteiger partial charge in [-0.15, -0.1) is 0 Å². The molecule has 0 saturated heterocycles. The molecule has 1 aliphatic heterocycles. The lowest BCUT2D eigenvalue weighted by Gasteiger charge is -2.29. The van der Waals surface area contributed by atoms with Gasteiger partial charge in [0.05, 0.1) is 12.7 Å². The predicted octanol–water partition coefficient (Wildman–Crippen LogP) is 5.59. The van der Waals surface area contributed by atoms with Gasteiger partial charge in [0, 0.05) is 22.0 Å². The van der Waals surface area contributed by atoms with Gasteiger partial charge in [-0.3, -0.25) is 4.79 Å². The maximum Gasteiger partial charge on any atom is 0.255 e. The molecule has 0 aliphatic carbocycles. The van der Waals surface area contributed by atoms with Crippen LogP contribution in [0.5, 0.6) is 11.5 Å². The molecule has 1 amide bonds. The summed E-state index contributed by atoms with van der Waals surface area (Å²) in [5.74, 6) is 0.726. The third-order valence-electron chi connectivity index (χ3n) is 5.99. The molecule has 5 rings (SSSR count). The predicted molar refractivity (Wildman–Crippen MR) is 138 cm³/mol. The molecule has 4 aromatic rings. The van der Waals surface area contributed by atoms with Crippen molar-refractivity contribution in [3.05, 3.63) is 106 Å². The summed E-state index contributed by atoms with van der Waals surface area (Å²) in [7, 11) is 1.52. The van der Waals surface area contributed by atoms with Crippen LogP contribution in [0.1, 0.15) is 24.1 Å². The summed E-state index contributed by atoms with van der Waals surface area (Å²) in [5, 5.41) is 11.0. The third kappa shape index (κ3) is 4.99. The average molecular weight is 520 g/mol. The van der Waals surface area contributed by atoms with Crippen LogP contribution in [0.3, 0.4) is 0 Å². The highest BCUT2D eigenvalue weighted by molar-refractivity contribution is 6.30. The van der Waals surface area contributed by atoms with Crippen molar-refractivity contribution in [3.63, 3.8) is 0 Å². The number of hydrogen-bond acceptors (Lipinski definition) is 6. The number of fused-ring (bicyclic) bond motifs is 1. The highest BCUT2D eigenvalue weighted by atomic mass is 35.5. The molecule has 0 fully saturated rings. The summed E-state index contributed by atoms with van der Waals surface area (Å²) in [5.41, 5.74) is 2.85. The molecule has 2 N–H and O–H groups in total. The molecular weight excluding hydrogens is 497 g/mol. The van der Waals surface area contributed by atoms with Crippen LogP contribution in [0.2, 0.25) is 5.02 Å². The molecule has 1 aromatic heterocycles. The Balaban J connectivity index is 1.47. The van der Waals surface area contributed by atoms with Crippen LogP contribution < -0.4 is 20.1 Å². The van der Waals surface area contributed by atoms with Gasteiger partial charge in [-0.1, -0.05) is 35.9 Å². The first-order valence-electron chi connectivity index (χ1n) is 11.4. The Hall–Kier alpha value is -4.37. The van der Waals surface area contributed by atoms with E-state index in [4.69, 9.17) is 21.1 Å². The maximum absolute atomic E-state index is 14.0. The molecule has 3 aromatic carbocycles. The summed E-state index contributed by atoms with van der Waals surface area (Å²) < 4.78 is 27.1. The van der Waals surface area contributed by atoms with Gasteiger partial charge in [0.25, 0.3) is 5.91 Å². The van der Waals surface area contributed by atoms with Crippen LogP contribution in [-0.4, -0.2) is 27.8 Å². The van der Waals surface area contributed by atoms with Gasteiger partial charge in [-0.25, -0.2) is 9.07 Å². The smallest absolute Gasteiger partial charge is 0.255 e. The summed E-state index contributed by atoms with van der Waals surface area (Å²) in [6.45, 7) is 1.85. The molecular formula is C27H23ClFN5O3. The summed E-state index contributed by atoms with van der Waals surface area (Å²) >= 11 is 5.98. The second kappa shape index (κ2) is 10.3. The summed E-state index contributed by atoms with van der Waals surface area (Å²) in [4.78, 5) is 17.8. The number of amides is 1. The fraction of sp³-hybridized carbons (Fsp3) is 0.148. The number of halogens is 2. The SMILES string of the molecule is COc1cc(C2C(C(=O)Nc3ccc(Cl)cc3)=C(C)Nc3ncnn32)ccc1OCc1ccccc1F. The average Bonchev–Trinajstić information content (AvgIpc) is 3.36. The quantitative estimate of drug-likeness (QED) is 0.331. The van der Waals surface area contributed by atoms with Crippen molar-refractivity contribution in [2.45, 2.75) is 19.6 Å². The van der Waals surface area contributed by atoms with Gasteiger partial charge in [0.2, 0.25) is 5.95 Å². The molecule has 1 atom stereocenters. The molecule has 188 valence electrons. The lowest BCUT2D eigenvalue weighted by atomic mass is 9.94. The monoisotopic (exact) mass is 519 g/mol. The molecule has 1 aliphatic rings. The van der Waals surface area contributed by atoms with Crippen LogP contribution in [0.15, 0.2) is 84.3 Å². The number of nitrogens with zero attached hydrogens (tertiary/aromatic N) is 3. The summed E-state index contributed by atoms with van der Waals surface area (Å²) in [6.07, 6.45) is 1.42. The molecule has 1 unspecified atom stereocenters. The third-order valence-corrected chi connectivity index (χ3v) is 6.24. The maximum atomic E-state index is 14.0. The standard InChI is InChI=1S/C27H23ClFN5O3/c1-16-24(26(35)33-20-10-8-19(28)9-11-20)25(34-27(32-16)30-15-31-34)17-7-12-22(23(13-17)36-2)37-14-18-5-3-4-6-21(18)29/h3-13,15,25H,14H2,1-2H3,(H,33,35)(H,30,31,32). The molecule has 0 bridgehead atoms. The van der Waals surface area contributed by atoms with Gasteiger partial charge in [-0.05, 0) is 55.0 Å². The van der Waals surface area contributed by atoms with E-state index in [0.29, 0.717) is 45.0 Å². The van der Waals surface area contributed by atoms with Gasteiger partial charge >= 0.3 is 0 Å². The Bertz CT molecular complexity index is 1490. The minimum absolute atomic E-state index is 0.0384.